The van der Waals surface area contributed by atoms with Crippen molar-refractivity contribution in [3.05, 3.63) is 42.0 Å². The molecule has 7 heteroatoms. The number of fused-ring (bicyclic) bond motifs is 1. The van der Waals surface area contributed by atoms with Crippen molar-refractivity contribution in [3.63, 3.8) is 0 Å². The molecule has 0 saturated carbocycles. The van der Waals surface area contributed by atoms with Gasteiger partial charge in [-0.25, -0.2) is 0 Å². The van der Waals surface area contributed by atoms with Gasteiger partial charge in [0.15, 0.2) is 23.0 Å². The standard InChI is InChI=1S/C19H22N2O5/c1-21(10-13-4-6-16-18(8-13)26-12-25-16)11-19(22)20-14-5-7-15(23-2)17(9-14)24-3/h4-9H,10-12H2,1-3H3,(H,20,22). The molecular formula is C19H22N2O5. The zero-order chi connectivity index (χ0) is 18.5. The Morgan fingerprint density at radius 3 is 2.62 bits per heavy atom. The average Bonchev–Trinajstić information content (AvgIpc) is 3.09. The van der Waals surface area contributed by atoms with Crippen molar-refractivity contribution in [3.8, 4) is 23.0 Å². The number of carbonyl (C=O) groups excluding carboxylic acids is 1. The maximum Gasteiger partial charge on any atom is 0.238 e. The lowest BCUT2D eigenvalue weighted by atomic mass is 10.2. The molecule has 2 aromatic rings. The van der Waals surface area contributed by atoms with Gasteiger partial charge in [0.2, 0.25) is 12.7 Å². The third-order valence-electron chi connectivity index (χ3n) is 3.97. The Labute approximate surface area is 152 Å². The van der Waals surface area contributed by atoms with E-state index in [2.05, 4.69) is 5.32 Å². The zero-order valence-electron chi connectivity index (χ0n) is 15.1. The van der Waals surface area contributed by atoms with Crippen LogP contribution in [0.4, 0.5) is 5.69 Å². The number of likely N-dealkylation sites (N-methyl/N-ethyl adjacent to an activating group) is 1. The highest BCUT2D eigenvalue weighted by molar-refractivity contribution is 5.92. The van der Waals surface area contributed by atoms with Crippen molar-refractivity contribution in [2.24, 2.45) is 0 Å². The monoisotopic (exact) mass is 358 g/mol. The van der Waals surface area contributed by atoms with E-state index in [-0.39, 0.29) is 19.2 Å². The number of amides is 1. The fraction of sp³-hybridized carbons (Fsp3) is 0.316. The van der Waals surface area contributed by atoms with Crippen LogP contribution in [0.1, 0.15) is 5.56 Å². The lowest BCUT2D eigenvalue weighted by Gasteiger charge is -2.17. The summed E-state index contributed by atoms with van der Waals surface area (Å²) in [6.07, 6.45) is 0. The van der Waals surface area contributed by atoms with Crippen LogP contribution in [0.2, 0.25) is 0 Å². The average molecular weight is 358 g/mol. The van der Waals surface area contributed by atoms with E-state index in [1.165, 1.54) is 0 Å². The van der Waals surface area contributed by atoms with Gasteiger partial charge in [-0.05, 0) is 36.9 Å². The molecule has 138 valence electrons. The SMILES string of the molecule is COc1ccc(NC(=O)CN(C)Cc2ccc3c(c2)OCO3)cc1OC. The van der Waals surface area contributed by atoms with Crippen LogP contribution in [-0.2, 0) is 11.3 Å². The van der Waals surface area contributed by atoms with Gasteiger partial charge < -0.3 is 24.3 Å². The molecule has 2 aromatic carbocycles. The van der Waals surface area contributed by atoms with Crippen molar-refractivity contribution in [2.75, 3.05) is 39.9 Å². The fourth-order valence-corrected chi connectivity index (χ4v) is 2.77. The number of rotatable bonds is 7. The van der Waals surface area contributed by atoms with Crippen LogP contribution in [0.25, 0.3) is 0 Å². The maximum absolute atomic E-state index is 12.3. The first-order valence-corrected chi connectivity index (χ1v) is 8.18. The van der Waals surface area contributed by atoms with Gasteiger partial charge in [-0.2, -0.15) is 0 Å². The third kappa shape index (κ3) is 4.18. The van der Waals surface area contributed by atoms with E-state index < -0.39 is 0 Å². The number of hydrogen-bond acceptors (Lipinski definition) is 6. The van der Waals surface area contributed by atoms with Crippen LogP contribution in [0.3, 0.4) is 0 Å². The van der Waals surface area contributed by atoms with Gasteiger partial charge in [-0.15, -0.1) is 0 Å². The van der Waals surface area contributed by atoms with Crippen molar-refractivity contribution >= 4 is 11.6 Å². The predicted molar refractivity (Wildman–Crippen MR) is 97.1 cm³/mol. The number of ether oxygens (including phenoxy) is 4. The highest BCUT2D eigenvalue weighted by atomic mass is 16.7. The lowest BCUT2D eigenvalue weighted by Crippen LogP contribution is -2.29. The number of carbonyl (C=O) groups is 1. The molecule has 1 aliphatic heterocycles. The van der Waals surface area contributed by atoms with Crippen LogP contribution < -0.4 is 24.3 Å². The van der Waals surface area contributed by atoms with E-state index >= 15 is 0 Å². The molecule has 1 N–H and O–H groups in total. The second kappa shape index (κ2) is 7.97. The van der Waals surface area contributed by atoms with Crippen LogP contribution in [0, 0.1) is 0 Å². The Kier molecular flexibility index (Phi) is 5.48. The molecule has 1 aliphatic rings. The number of benzene rings is 2. The molecule has 1 heterocycles. The smallest absolute Gasteiger partial charge is 0.238 e. The first kappa shape index (κ1) is 17.9. The number of hydrogen-bond donors (Lipinski definition) is 1. The molecule has 0 aliphatic carbocycles. The van der Waals surface area contributed by atoms with Gasteiger partial charge in [0.1, 0.15) is 0 Å². The van der Waals surface area contributed by atoms with Gasteiger partial charge in [0.25, 0.3) is 0 Å². The number of methoxy groups -OCH3 is 2. The van der Waals surface area contributed by atoms with E-state index in [0.29, 0.717) is 23.7 Å². The molecule has 0 unspecified atom stereocenters. The summed E-state index contributed by atoms with van der Waals surface area (Å²) in [6.45, 7) is 1.13. The minimum Gasteiger partial charge on any atom is -0.493 e. The van der Waals surface area contributed by atoms with Gasteiger partial charge in [-0.1, -0.05) is 6.07 Å². The molecule has 0 radical (unpaired) electrons. The Morgan fingerprint density at radius 1 is 1.08 bits per heavy atom. The Hall–Kier alpha value is -2.93. The largest absolute Gasteiger partial charge is 0.493 e. The second-order valence-corrected chi connectivity index (χ2v) is 5.98. The molecular weight excluding hydrogens is 336 g/mol. The summed E-state index contributed by atoms with van der Waals surface area (Å²) in [5, 5.41) is 2.87. The molecule has 0 aromatic heterocycles. The minimum atomic E-state index is -0.111. The van der Waals surface area contributed by atoms with Gasteiger partial charge in [-0.3, -0.25) is 9.69 Å². The third-order valence-corrected chi connectivity index (χ3v) is 3.97. The van der Waals surface area contributed by atoms with E-state index in [0.717, 1.165) is 17.1 Å². The first-order valence-electron chi connectivity index (χ1n) is 8.18. The van der Waals surface area contributed by atoms with E-state index in [4.69, 9.17) is 18.9 Å². The molecule has 3 rings (SSSR count). The summed E-state index contributed by atoms with van der Waals surface area (Å²) < 4.78 is 21.1. The Morgan fingerprint density at radius 2 is 1.85 bits per heavy atom. The summed E-state index contributed by atoms with van der Waals surface area (Å²) in [6, 6.07) is 11.0. The van der Waals surface area contributed by atoms with Crippen LogP contribution >= 0.6 is 0 Å². The Balaban J connectivity index is 1.56. The van der Waals surface area contributed by atoms with Gasteiger partial charge in [0.05, 0.1) is 20.8 Å². The molecule has 1 amide bonds. The molecule has 0 bridgehead atoms. The molecule has 0 fully saturated rings. The van der Waals surface area contributed by atoms with Gasteiger partial charge in [0, 0.05) is 18.3 Å². The van der Waals surface area contributed by atoms with Crippen LogP contribution in [-0.4, -0.2) is 45.4 Å². The predicted octanol–water partition coefficient (Wildman–Crippen LogP) is 2.50. The molecule has 7 nitrogen and oxygen atoms in total. The minimum absolute atomic E-state index is 0.111. The summed E-state index contributed by atoms with van der Waals surface area (Å²) in [5.74, 6) is 2.57. The van der Waals surface area contributed by atoms with Crippen molar-refractivity contribution in [1.29, 1.82) is 0 Å². The fourth-order valence-electron chi connectivity index (χ4n) is 2.77. The Bertz CT molecular complexity index is 793. The summed E-state index contributed by atoms with van der Waals surface area (Å²) in [5.41, 5.74) is 1.71. The molecule has 26 heavy (non-hydrogen) atoms. The summed E-state index contributed by atoms with van der Waals surface area (Å²) in [7, 11) is 5.02. The highest BCUT2D eigenvalue weighted by Crippen LogP contribution is 2.33. The van der Waals surface area contributed by atoms with E-state index in [1.54, 1.807) is 32.4 Å². The number of anilines is 1. The highest BCUT2D eigenvalue weighted by Gasteiger charge is 2.15. The number of nitrogens with one attached hydrogen (secondary N) is 1. The molecule has 0 saturated heterocycles. The lowest BCUT2D eigenvalue weighted by molar-refractivity contribution is -0.117. The summed E-state index contributed by atoms with van der Waals surface area (Å²) in [4.78, 5) is 14.2. The van der Waals surface area contributed by atoms with Crippen LogP contribution in [0.5, 0.6) is 23.0 Å². The van der Waals surface area contributed by atoms with Crippen LogP contribution in [0.15, 0.2) is 36.4 Å². The topological polar surface area (TPSA) is 69.3 Å². The maximum atomic E-state index is 12.3. The van der Waals surface area contributed by atoms with Crippen molar-refractivity contribution < 1.29 is 23.7 Å². The van der Waals surface area contributed by atoms with E-state index in [9.17, 15) is 4.79 Å². The molecule has 0 spiro atoms. The van der Waals surface area contributed by atoms with Crippen molar-refractivity contribution in [1.82, 2.24) is 4.90 Å². The summed E-state index contributed by atoms with van der Waals surface area (Å²) >= 11 is 0. The molecule has 0 atom stereocenters. The van der Waals surface area contributed by atoms with E-state index in [1.807, 2.05) is 30.1 Å². The first-order chi connectivity index (χ1) is 12.6. The number of nitrogens with zero attached hydrogens (tertiary/aromatic N) is 1. The second-order valence-electron chi connectivity index (χ2n) is 5.98. The van der Waals surface area contributed by atoms with Crippen molar-refractivity contribution in [2.45, 2.75) is 6.54 Å². The van der Waals surface area contributed by atoms with Gasteiger partial charge >= 0.3 is 0 Å². The quantitative estimate of drug-likeness (QED) is 0.820. The zero-order valence-corrected chi connectivity index (χ0v) is 15.1. The normalized spacial score (nSPS) is 12.2.